The van der Waals surface area contributed by atoms with Gasteiger partial charge in [0.25, 0.3) is 0 Å². The van der Waals surface area contributed by atoms with Gasteiger partial charge in [0, 0.05) is 12.0 Å². The minimum absolute atomic E-state index is 0.0831. The van der Waals surface area contributed by atoms with Gasteiger partial charge in [0.2, 0.25) is 0 Å². The maximum Gasteiger partial charge on any atom is 0.333 e. The Hall–Kier alpha value is -1.58. The second-order valence-corrected chi connectivity index (χ2v) is 7.97. The lowest BCUT2D eigenvalue weighted by atomic mass is 9.76. The van der Waals surface area contributed by atoms with Crippen molar-refractivity contribution in [1.29, 1.82) is 0 Å². The van der Waals surface area contributed by atoms with Crippen molar-refractivity contribution in [2.45, 2.75) is 51.9 Å². The predicted molar refractivity (Wildman–Crippen MR) is 95.6 cm³/mol. The van der Waals surface area contributed by atoms with Crippen LogP contribution in [0.1, 0.15) is 51.9 Å². The van der Waals surface area contributed by atoms with E-state index in [9.17, 15) is 9.59 Å². The molecule has 5 unspecified atom stereocenters. The zero-order valence-electron chi connectivity index (χ0n) is 15.2. The van der Waals surface area contributed by atoms with Crippen molar-refractivity contribution in [3.63, 3.8) is 0 Å². The molecule has 0 N–H and O–H groups in total. The van der Waals surface area contributed by atoms with E-state index in [1.165, 1.54) is 19.3 Å². The molecule has 0 heterocycles. The molecule has 2 saturated carbocycles. The Labute approximate surface area is 150 Å². The summed E-state index contributed by atoms with van der Waals surface area (Å²) >= 11 is 0. The van der Waals surface area contributed by atoms with Gasteiger partial charge < -0.3 is 9.47 Å². The van der Waals surface area contributed by atoms with E-state index in [-0.39, 0.29) is 11.9 Å². The lowest BCUT2D eigenvalue weighted by Crippen LogP contribution is -2.28. The van der Waals surface area contributed by atoms with Crippen molar-refractivity contribution in [2.24, 2.45) is 29.6 Å². The number of hydrogen-bond acceptors (Lipinski definition) is 4. The molecule has 0 radical (unpaired) electrons. The molecular formula is C21H30O4. The Morgan fingerprint density at radius 3 is 2.76 bits per heavy atom. The number of esters is 2. The molecule has 0 aromatic rings. The molecule has 0 aromatic heterocycles. The van der Waals surface area contributed by atoms with Crippen molar-refractivity contribution < 1.29 is 19.1 Å². The lowest BCUT2D eigenvalue weighted by molar-refractivity contribution is -0.146. The average molecular weight is 346 g/mol. The summed E-state index contributed by atoms with van der Waals surface area (Å²) in [6.45, 7) is 6.17. The summed E-state index contributed by atoms with van der Waals surface area (Å²) in [5, 5.41) is 0. The summed E-state index contributed by atoms with van der Waals surface area (Å²) < 4.78 is 10.6. The first-order valence-electron chi connectivity index (χ1n) is 9.71. The van der Waals surface area contributed by atoms with Crippen LogP contribution in [0.5, 0.6) is 0 Å². The summed E-state index contributed by atoms with van der Waals surface area (Å²) in [6.07, 6.45) is 11.5. The van der Waals surface area contributed by atoms with Gasteiger partial charge in [-0.3, -0.25) is 4.79 Å². The molecule has 2 fully saturated rings. The Bertz CT molecular complexity index is 550. The Morgan fingerprint density at radius 2 is 1.96 bits per heavy atom. The third-order valence-corrected chi connectivity index (χ3v) is 6.21. The standard InChI is InChI=1S/C21H30O4/c1-14(2)21(23)24-10-5-3-4-9-20(22)25-13-16-11-15-12-19(16)18-8-6-7-17(15)18/h6,8,15-19H,1,3-5,7,9-13H2,2H3. The van der Waals surface area contributed by atoms with E-state index >= 15 is 0 Å². The number of carbonyl (C=O) groups is 2. The maximum absolute atomic E-state index is 11.9. The van der Waals surface area contributed by atoms with Gasteiger partial charge in [-0.15, -0.1) is 0 Å². The zero-order chi connectivity index (χ0) is 17.8. The second-order valence-electron chi connectivity index (χ2n) is 7.97. The Balaban J connectivity index is 1.24. The molecule has 5 atom stereocenters. The first kappa shape index (κ1) is 18.2. The van der Waals surface area contributed by atoms with Gasteiger partial charge in [0.15, 0.2) is 0 Å². The zero-order valence-corrected chi connectivity index (χ0v) is 15.2. The van der Waals surface area contributed by atoms with E-state index in [0.29, 0.717) is 31.1 Å². The van der Waals surface area contributed by atoms with Crippen LogP contribution < -0.4 is 0 Å². The summed E-state index contributed by atoms with van der Waals surface area (Å²) in [5.74, 6) is 3.38. The second kappa shape index (κ2) is 8.20. The van der Waals surface area contributed by atoms with E-state index in [2.05, 4.69) is 18.7 Å². The third kappa shape index (κ3) is 4.34. The molecule has 4 heteroatoms. The van der Waals surface area contributed by atoms with Gasteiger partial charge in [0.1, 0.15) is 0 Å². The van der Waals surface area contributed by atoms with Crippen molar-refractivity contribution in [3.8, 4) is 0 Å². The molecule has 0 spiro atoms. The molecule has 3 aliphatic rings. The minimum atomic E-state index is -0.343. The first-order valence-corrected chi connectivity index (χ1v) is 9.71. The minimum Gasteiger partial charge on any atom is -0.465 e. The monoisotopic (exact) mass is 346 g/mol. The van der Waals surface area contributed by atoms with Crippen LogP contribution in [-0.4, -0.2) is 25.2 Å². The van der Waals surface area contributed by atoms with Crippen LogP contribution in [-0.2, 0) is 19.1 Å². The van der Waals surface area contributed by atoms with Crippen LogP contribution in [0.25, 0.3) is 0 Å². The number of hydrogen-bond donors (Lipinski definition) is 0. The molecule has 0 aromatic carbocycles. The van der Waals surface area contributed by atoms with E-state index in [1.54, 1.807) is 6.92 Å². The third-order valence-electron chi connectivity index (χ3n) is 6.21. The molecule has 0 saturated heterocycles. The summed E-state index contributed by atoms with van der Waals surface area (Å²) in [5.41, 5.74) is 0.420. The van der Waals surface area contributed by atoms with Crippen LogP contribution in [0.4, 0.5) is 0 Å². The number of unbranched alkanes of at least 4 members (excludes halogenated alkanes) is 2. The van der Waals surface area contributed by atoms with Crippen molar-refractivity contribution >= 4 is 11.9 Å². The van der Waals surface area contributed by atoms with Crippen LogP contribution >= 0.6 is 0 Å². The molecule has 0 aliphatic heterocycles. The van der Waals surface area contributed by atoms with Crippen LogP contribution in [0.3, 0.4) is 0 Å². The number of allylic oxidation sites excluding steroid dienone is 2. The average Bonchev–Trinajstić information content (AvgIpc) is 3.28. The lowest BCUT2D eigenvalue weighted by Gasteiger charge is -2.30. The van der Waals surface area contributed by atoms with Gasteiger partial charge in [-0.25, -0.2) is 4.79 Å². The SMILES string of the molecule is C=C(C)C(=O)OCCCCCC(=O)OCC1CC2CC1C1C=CCC21. The molecule has 3 rings (SSSR count). The topological polar surface area (TPSA) is 52.6 Å². The highest BCUT2D eigenvalue weighted by Gasteiger charge is 2.52. The molecule has 2 bridgehead atoms. The molecular weight excluding hydrogens is 316 g/mol. The number of rotatable bonds is 9. The van der Waals surface area contributed by atoms with Crippen molar-refractivity contribution in [3.05, 3.63) is 24.3 Å². The van der Waals surface area contributed by atoms with Crippen molar-refractivity contribution in [1.82, 2.24) is 0 Å². The number of ether oxygens (including phenoxy) is 2. The van der Waals surface area contributed by atoms with Gasteiger partial charge in [-0.05, 0) is 75.0 Å². The summed E-state index contributed by atoms with van der Waals surface area (Å²) in [6, 6.07) is 0. The van der Waals surface area contributed by atoms with Crippen LogP contribution in [0.2, 0.25) is 0 Å². The maximum atomic E-state index is 11.9. The predicted octanol–water partition coefficient (Wildman–Crippen LogP) is 4.06. The Kier molecular flexibility index (Phi) is 5.98. The summed E-state index contributed by atoms with van der Waals surface area (Å²) in [7, 11) is 0. The molecule has 25 heavy (non-hydrogen) atoms. The summed E-state index contributed by atoms with van der Waals surface area (Å²) in [4.78, 5) is 23.1. The highest BCUT2D eigenvalue weighted by Crippen LogP contribution is 2.58. The van der Waals surface area contributed by atoms with Gasteiger partial charge in [-0.1, -0.05) is 18.7 Å². The van der Waals surface area contributed by atoms with E-state index in [4.69, 9.17) is 9.47 Å². The first-order chi connectivity index (χ1) is 12.1. The fraction of sp³-hybridized carbons (Fsp3) is 0.714. The van der Waals surface area contributed by atoms with Gasteiger partial charge >= 0.3 is 11.9 Å². The molecule has 3 aliphatic carbocycles. The van der Waals surface area contributed by atoms with Crippen LogP contribution in [0.15, 0.2) is 24.3 Å². The fourth-order valence-corrected chi connectivity index (χ4v) is 4.98. The molecule has 0 amide bonds. The largest absolute Gasteiger partial charge is 0.465 e. The van der Waals surface area contributed by atoms with Gasteiger partial charge in [0.05, 0.1) is 13.2 Å². The van der Waals surface area contributed by atoms with E-state index < -0.39 is 0 Å². The quantitative estimate of drug-likeness (QED) is 0.273. The van der Waals surface area contributed by atoms with Gasteiger partial charge in [-0.2, -0.15) is 0 Å². The normalized spacial score (nSPS) is 31.8. The van der Waals surface area contributed by atoms with E-state index in [0.717, 1.165) is 42.9 Å². The molecule has 4 nitrogen and oxygen atoms in total. The van der Waals surface area contributed by atoms with E-state index in [1.807, 2.05) is 0 Å². The Morgan fingerprint density at radius 1 is 1.12 bits per heavy atom. The highest BCUT2D eigenvalue weighted by molar-refractivity contribution is 5.86. The highest BCUT2D eigenvalue weighted by atomic mass is 16.5. The number of fused-ring (bicyclic) bond motifs is 5. The van der Waals surface area contributed by atoms with Crippen molar-refractivity contribution in [2.75, 3.05) is 13.2 Å². The molecule has 138 valence electrons. The smallest absolute Gasteiger partial charge is 0.333 e. The van der Waals surface area contributed by atoms with Crippen LogP contribution in [0, 0.1) is 29.6 Å². The number of carbonyl (C=O) groups excluding carboxylic acids is 2. The fourth-order valence-electron chi connectivity index (χ4n) is 4.98.